The summed E-state index contributed by atoms with van der Waals surface area (Å²) in [6.07, 6.45) is 0.973. The summed E-state index contributed by atoms with van der Waals surface area (Å²) in [6, 6.07) is 2.95. The third kappa shape index (κ3) is 7.15. The van der Waals surface area contributed by atoms with Crippen LogP contribution in [0.2, 0.25) is 25.7 Å². The zero-order valence-electron chi connectivity index (χ0n) is 10.2. The van der Waals surface area contributed by atoms with Crippen LogP contribution in [0.1, 0.15) is 0 Å². The highest BCUT2D eigenvalue weighted by Gasteiger charge is 2.12. The molecule has 0 saturated carbocycles. The molecule has 3 N–H and O–H groups in total. The molecule has 0 spiro atoms. The number of rotatable bonds is 7. The summed E-state index contributed by atoms with van der Waals surface area (Å²) < 4.78 is 5.30. The number of amidine groups is 1. The average Bonchev–Trinajstić information content (AvgIpc) is 2.17. The van der Waals surface area contributed by atoms with Crippen LogP contribution in [0.4, 0.5) is 0 Å². The molecule has 0 aromatic heterocycles. The van der Waals surface area contributed by atoms with Gasteiger partial charge in [0, 0.05) is 20.9 Å². The zero-order valence-corrected chi connectivity index (χ0v) is 11.2. The minimum absolute atomic E-state index is 0.144. The molecule has 0 aliphatic heterocycles. The number of hydrogen-bond acceptors (Lipinski definition) is 4. The molecular weight excluding hydrogens is 220 g/mol. The molecule has 90 valence electrons. The Bertz CT molecular complexity index is 290. The molecule has 0 amide bonds. The van der Waals surface area contributed by atoms with Gasteiger partial charge in [-0.1, -0.05) is 19.6 Å². The van der Waals surface area contributed by atoms with E-state index >= 15 is 0 Å². The van der Waals surface area contributed by atoms with Crippen LogP contribution in [-0.2, 0) is 4.74 Å². The maximum atomic E-state index is 8.61. The number of nitrogens with zero attached hydrogens (tertiary/aromatic N) is 2. The molecule has 16 heavy (non-hydrogen) atoms. The summed E-state index contributed by atoms with van der Waals surface area (Å²) in [5.41, 5.74) is 5.51. The van der Waals surface area contributed by atoms with Gasteiger partial charge in [-0.2, -0.15) is 5.26 Å². The first-order valence-electron chi connectivity index (χ1n) is 5.18. The van der Waals surface area contributed by atoms with Crippen molar-refractivity contribution in [2.45, 2.75) is 25.7 Å². The number of nitrogens with two attached hydrogens (primary N) is 1. The first-order valence-corrected chi connectivity index (χ1v) is 8.89. The molecule has 5 nitrogen and oxygen atoms in total. The number of nitriles is 1. The zero-order chi connectivity index (χ0) is 12.6. The second-order valence-electron chi connectivity index (χ2n) is 4.70. The summed E-state index contributed by atoms with van der Waals surface area (Å²) in [6.45, 7) is 7.66. The van der Waals surface area contributed by atoms with E-state index in [4.69, 9.17) is 21.1 Å². The molecule has 0 heterocycles. The van der Waals surface area contributed by atoms with E-state index in [1.807, 2.05) is 6.07 Å². The highest BCUT2D eigenvalue weighted by Crippen LogP contribution is 2.07. The van der Waals surface area contributed by atoms with Crippen LogP contribution in [0.15, 0.2) is 4.99 Å². The third-order valence-electron chi connectivity index (χ3n) is 1.96. The largest absolute Gasteiger partial charge is 0.386 e. The van der Waals surface area contributed by atoms with E-state index in [-0.39, 0.29) is 12.6 Å². The second kappa shape index (κ2) is 7.14. The number of aliphatic imine (C=N–C) groups is 1. The van der Waals surface area contributed by atoms with Crippen molar-refractivity contribution >= 4 is 20.1 Å². The number of hydrogen-bond donors (Lipinski definition) is 2. The van der Waals surface area contributed by atoms with Gasteiger partial charge in [-0.3, -0.25) is 0 Å². The van der Waals surface area contributed by atoms with Gasteiger partial charge in [0.1, 0.15) is 18.5 Å². The maximum absolute atomic E-state index is 8.61. The Morgan fingerprint density at radius 3 is 2.69 bits per heavy atom. The van der Waals surface area contributed by atoms with Crippen molar-refractivity contribution in [2.75, 3.05) is 13.3 Å². The Hall–Kier alpha value is -1.19. The van der Waals surface area contributed by atoms with E-state index in [0.717, 1.165) is 12.3 Å². The Kier molecular flexibility index (Phi) is 6.61. The van der Waals surface area contributed by atoms with Gasteiger partial charge in [-0.05, 0) is 6.04 Å². The smallest absolute Gasteiger partial charge is 0.139 e. The van der Waals surface area contributed by atoms with Crippen LogP contribution in [0.25, 0.3) is 0 Å². The number of nitrogens with one attached hydrogen (secondary N) is 1. The fraction of sp³-hybridized carbons (Fsp3) is 0.700. The van der Waals surface area contributed by atoms with Gasteiger partial charge in [0.15, 0.2) is 0 Å². The van der Waals surface area contributed by atoms with Gasteiger partial charge in [-0.25, -0.2) is 4.99 Å². The lowest BCUT2D eigenvalue weighted by Crippen LogP contribution is -2.25. The molecule has 6 heteroatoms. The SMILES string of the molecule is C[Si](C)(C)CCOCN=C(N)C(C#N)C=N. The van der Waals surface area contributed by atoms with Crippen molar-refractivity contribution in [2.24, 2.45) is 16.6 Å². The van der Waals surface area contributed by atoms with Crippen molar-refractivity contribution in [3.05, 3.63) is 0 Å². The molecule has 0 aromatic rings. The minimum Gasteiger partial charge on any atom is -0.386 e. The van der Waals surface area contributed by atoms with Gasteiger partial charge in [0.25, 0.3) is 0 Å². The molecule has 0 fully saturated rings. The van der Waals surface area contributed by atoms with Gasteiger partial charge in [0.05, 0.1) is 6.07 Å². The molecule has 0 saturated heterocycles. The minimum atomic E-state index is -1.06. The Balaban J connectivity index is 3.84. The Labute approximate surface area is 97.8 Å². The highest BCUT2D eigenvalue weighted by molar-refractivity contribution is 6.76. The Morgan fingerprint density at radius 1 is 1.62 bits per heavy atom. The van der Waals surface area contributed by atoms with Crippen molar-refractivity contribution < 1.29 is 4.74 Å². The maximum Gasteiger partial charge on any atom is 0.139 e. The lowest BCUT2D eigenvalue weighted by Gasteiger charge is -2.14. The quantitative estimate of drug-likeness (QED) is 0.305. The summed E-state index contributed by atoms with van der Waals surface area (Å²) in [4.78, 5) is 3.90. The van der Waals surface area contributed by atoms with Crippen molar-refractivity contribution in [3.63, 3.8) is 0 Å². The summed E-state index contributed by atoms with van der Waals surface area (Å²) in [5, 5.41) is 15.6. The predicted molar refractivity (Wildman–Crippen MR) is 68.5 cm³/mol. The van der Waals surface area contributed by atoms with Crippen LogP contribution in [0, 0.1) is 22.7 Å². The van der Waals surface area contributed by atoms with E-state index < -0.39 is 14.0 Å². The fourth-order valence-electron chi connectivity index (χ4n) is 0.850. The van der Waals surface area contributed by atoms with Crippen LogP contribution >= 0.6 is 0 Å². The molecular formula is C10H20N4OSi. The second-order valence-corrected chi connectivity index (χ2v) is 10.3. The lowest BCUT2D eigenvalue weighted by molar-refractivity contribution is 0.155. The van der Waals surface area contributed by atoms with Crippen LogP contribution in [0.5, 0.6) is 0 Å². The predicted octanol–water partition coefficient (Wildman–Crippen LogP) is 1.45. The molecule has 0 aliphatic carbocycles. The molecule has 0 aromatic carbocycles. The molecule has 1 unspecified atom stereocenters. The Morgan fingerprint density at radius 2 is 2.25 bits per heavy atom. The molecule has 0 aliphatic rings. The topological polar surface area (TPSA) is 95.2 Å². The summed E-state index contributed by atoms with van der Waals surface area (Å²) in [7, 11) is -1.06. The normalized spacial score (nSPS) is 14.2. The average molecular weight is 240 g/mol. The monoisotopic (exact) mass is 240 g/mol. The van der Waals surface area contributed by atoms with E-state index in [0.29, 0.717) is 6.61 Å². The third-order valence-corrected chi connectivity index (χ3v) is 3.66. The van der Waals surface area contributed by atoms with Gasteiger partial charge < -0.3 is 15.9 Å². The van der Waals surface area contributed by atoms with Crippen LogP contribution in [-0.4, -0.2) is 33.5 Å². The first-order chi connectivity index (χ1) is 7.40. The van der Waals surface area contributed by atoms with Crippen LogP contribution < -0.4 is 5.73 Å². The van der Waals surface area contributed by atoms with Crippen LogP contribution in [0.3, 0.4) is 0 Å². The first kappa shape index (κ1) is 14.8. The van der Waals surface area contributed by atoms with Crippen molar-refractivity contribution in [1.82, 2.24) is 0 Å². The van der Waals surface area contributed by atoms with E-state index in [1.54, 1.807) is 0 Å². The molecule has 0 radical (unpaired) electrons. The molecule has 1 atom stereocenters. The van der Waals surface area contributed by atoms with E-state index in [1.165, 1.54) is 0 Å². The van der Waals surface area contributed by atoms with E-state index in [2.05, 4.69) is 24.6 Å². The summed E-state index contributed by atoms with van der Waals surface area (Å²) >= 11 is 0. The van der Waals surface area contributed by atoms with Gasteiger partial charge >= 0.3 is 0 Å². The molecule has 0 bridgehead atoms. The number of ether oxygens (including phenoxy) is 1. The van der Waals surface area contributed by atoms with Gasteiger partial charge in [0.2, 0.25) is 0 Å². The lowest BCUT2D eigenvalue weighted by atomic mass is 10.2. The standard InChI is InChI=1S/C10H20N4OSi/c1-16(2,3)5-4-15-8-14-10(13)9(6-11)7-12/h6,9,11H,4-5,8H2,1-3H3,(H2,13,14). The van der Waals surface area contributed by atoms with Crippen molar-refractivity contribution in [1.29, 1.82) is 10.7 Å². The fourth-order valence-corrected chi connectivity index (χ4v) is 1.61. The van der Waals surface area contributed by atoms with E-state index in [9.17, 15) is 0 Å². The summed E-state index contributed by atoms with van der Waals surface area (Å²) in [5.74, 6) is -0.592. The van der Waals surface area contributed by atoms with Gasteiger partial charge in [-0.15, -0.1) is 0 Å². The highest BCUT2D eigenvalue weighted by atomic mass is 28.3. The van der Waals surface area contributed by atoms with Crippen molar-refractivity contribution in [3.8, 4) is 6.07 Å². The molecule has 0 rings (SSSR count).